The molecular formula is C17H21ClN2O. The van der Waals surface area contributed by atoms with E-state index in [1.807, 2.05) is 36.4 Å². The SMILES string of the molecule is COc1cccc(CN(C)CCNc2ccccc2Cl)c1. The van der Waals surface area contributed by atoms with Gasteiger partial charge in [0.15, 0.2) is 0 Å². The van der Waals surface area contributed by atoms with Gasteiger partial charge in [0.1, 0.15) is 5.75 Å². The summed E-state index contributed by atoms with van der Waals surface area (Å²) in [4.78, 5) is 2.26. The summed E-state index contributed by atoms with van der Waals surface area (Å²) in [7, 11) is 3.80. The van der Waals surface area contributed by atoms with E-state index in [1.165, 1.54) is 5.56 Å². The highest BCUT2D eigenvalue weighted by Gasteiger charge is 2.03. The Morgan fingerprint density at radius 2 is 1.95 bits per heavy atom. The second-order valence-electron chi connectivity index (χ2n) is 5.00. The number of para-hydroxylation sites is 1. The highest BCUT2D eigenvalue weighted by atomic mass is 35.5. The summed E-state index contributed by atoms with van der Waals surface area (Å²) in [5.41, 5.74) is 2.23. The van der Waals surface area contributed by atoms with Gasteiger partial charge >= 0.3 is 0 Å². The molecule has 0 atom stereocenters. The second kappa shape index (κ2) is 7.91. The summed E-state index contributed by atoms with van der Waals surface area (Å²) in [6.45, 7) is 2.67. The number of ether oxygens (including phenoxy) is 1. The normalized spacial score (nSPS) is 10.7. The van der Waals surface area contributed by atoms with Gasteiger partial charge in [0, 0.05) is 19.6 Å². The standard InChI is InChI=1S/C17H21ClN2O/c1-20(13-14-6-5-7-15(12-14)21-2)11-10-19-17-9-4-3-8-16(17)18/h3-9,12,19H,10-11,13H2,1-2H3. The van der Waals surface area contributed by atoms with Crippen LogP contribution in [0.1, 0.15) is 5.56 Å². The third-order valence-corrected chi connectivity index (χ3v) is 3.60. The Balaban J connectivity index is 1.79. The van der Waals surface area contributed by atoms with Crippen molar-refractivity contribution < 1.29 is 4.74 Å². The molecule has 0 unspecified atom stereocenters. The van der Waals surface area contributed by atoms with Crippen molar-refractivity contribution in [2.75, 3.05) is 32.6 Å². The van der Waals surface area contributed by atoms with Gasteiger partial charge in [-0.3, -0.25) is 0 Å². The van der Waals surface area contributed by atoms with Crippen molar-refractivity contribution in [1.82, 2.24) is 4.90 Å². The number of hydrogen-bond acceptors (Lipinski definition) is 3. The number of halogens is 1. The quantitative estimate of drug-likeness (QED) is 0.840. The summed E-state index contributed by atoms with van der Waals surface area (Å²) in [5, 5.41) is 4.11. The van der Waals surface area contributed by atoms with Crippen molar-refractivity contribution >= 4 is 17.3 Å². The van der Waals surface area contributed by atoms with Gasteiger partial charge in [-0.25, -0.2) is 0 Å². The minimum Gasteiger partial charge on any atom is -0.497 e. The molecule has 4 heteroatoms. The molecule has 0 aromatic heterocycles. The van der Waals surface area contributed by atoms with Gasteiger partial charge in [-0.2, -0.15) is 0 Å². The van der Waals surface area contributed by atoms with E-state index in [0.29, 0.717) is 0 Å². The Hall–Kier alpha value is -1.71. The average molecular weight is 305 g/mol. The van der Waals surface area contributed by atoms with Crippen molar-refractivity contribution in [2.45, 2.75) is 6.54 Å². The first-order valence-corrected chi connectivity index (χ1v) is 7.36. The molecule has 0 fully saturated rings. The molecule has 2 rings (SSSR count). The summed E-state index contributed by atoms with van der Waals surface area (Å²) in [6.07, 6.45) is 0. The van der Waals surface area contributed by atoms with Gasteiger partial charge < -0.3 is 15.0 Å². The monoisotopic (exact) mass is 304 g/mol. The van der Waals surface area contributed by atoms with Crippen LogP contribution in [-0.2, 0) is 6.54 Å². The topological polar surface area (TPSA) is 24.5 Å². The maximum absolute atomic E-state index is 6.11. The van der Waals surface area contributed by atoms with Crippen LogP contribution < -0.4 is 10.1 Å². The van der Waals surface area contributed by atoms with E-state index in [2.05, 4.69) is 29.4 Å². The van der Waals surface area contributed by atoms with E-state index < -0.39 is 0 Å². The second-order valence-corrected chi connectivity index (χ2v) is 5.40. The Bertz CT molecular complexity index is 574. The van der Waals surface area contributed by atoms with E-state index in [0.717, 1.165) is 36.1 Å². The molecule has 0 radical (unpaired) electrons. The lowest BCUT2D eigenvalue weighted by molar-refractivity contribution is 0.338. The minimum absolute atomic E-state index is 0.757. The summed E-state index contributed by atoms with van der Waals surface area (Å²) < 4.78 is 5.24. The number of rotatable bonds is 7. The number of methoxy groups -OCH3 is 1. The lowest BCUT2D eigenvalue weighted by Gasteiger charge is -2.18. The van der Waals surface area contributed by atoms with E-state index in [-0.39, 0.29) is 0 Å². The van der Waals surface area contributed by atoms with Gasteiger partial charge in [-0.05, 0) is 36.9 Å². The largest absolute Gasteiger partial charge is 0.497 e. The molecule has 0 aliphatic carbocycles. The van der Waals surface area contributed by atoms with Crippen LogP contribution in [0.5, 0.6) is 5.75 Å². The van der Waals surface area contributed by atoms with Crippen molar-refractivity contribution in [2.24, 2.45) is 0 Å². The van der Waals surface area contributed by atoms with E-state index in [1.54, 1.807) is 7.11 Å². The molecule has 2 aromatic rings. The summed E-state index contributed by atoms with van der Waals surface area (Å²) in [5.74, 6) is 0.898. The zero-order valence-electron chi connectivity index (χ0n) is 12.5. The number of benzene rings is 2. The molecule has 0 spiro atoms. The van der Waals surface area contributed by atoms with Crippen LogP contribution in [0, 0.1) is 0 Å². The first-order chi connectivity index (χ1) is 10.2. The first kappa shape index (κ1) is 15.7. The predicted molar refractivity (Wildman–Crippen MR) is 89.3 cm³/mol. The highest BCUT2D eigenvalue weighted by Crippen LogP contribution is 2.20. The lowest BCUT2D eigenvalue weighted by Crippen LogP contribution is -2.24. The summed E-state index contributed by atoms with van der Waals surface area (Å²) >= 11 is 6.11. The number of likely N-dealkylation sites (N-methyl/N-ethyl adjacent to an activating group) is 1. The van der Waals surface area contributed by atoms with Gasteiger partial charge in [0.05, 0.1) is 17.8 Å². The van der Waals surface area contributed by atoms with Crippen LogP contribution in [0.15, 0.2) is 48.5 Å². The molecule has 3 nitrogen and oxygen atoms in total. The van der Waals surface area contributed by atoms with Crippen molar-refractivity contribution in [3.63, 3.8) is 0 Å². The molecule has 0 amide bonds. The Labute approximate surface area is 131 Å². The zero-order valence-corrected chi connectivity index (χ0v) is 13.2. The Morgan fingerprint density at radius 3 is 2.71 bits per heavy atom. The van der Waals surface area contributed by atoms with Crippen molar-refractivity contribution in [1.29, 1.82) is 0 Å². The molecule has 0 saturated carbocycles. The molecule has 21 heavy (non-hydrogen) atoms. The zero-order chi connectivity index (χ0) is 15.1. The summed E-state index contributed by atoms with van der Waals surface area (Å²) in [6, 6.07) is 16.0. The predicted octanol–water partition coefficient (Wildman–Crippen LogP) is 3.89. The molecule has 1 N–H and O–H groups in total. The number of nitrogens with zero attached hydrogens (tertiary/aromatic N) is 1. The number of anilines is 1. The third kappa shape index (κ3) is 4.96. The van der Waals surface area contributed by atoms with Crippen molar-refractivity contribution in [3.05, 3.63) is 59.1 Å². The molecule has 0 aliphatic rings. The van der Waals surface area contributed by atoms with Crippen LogP contribution >= 0.6 is 11.6 Å². The highest BCUT2D eigenvalue weighted by molar-refractivity contribution is 6.33. The van der Waals surface area contributed by atoms with E-state index in [4.69, 9.17) is 16.3 Å². The van der Waals surface area contributed by atoms with Gasteiger partial charge in [-0.15, -0.1) is 0 Å². The molecule has 0 saturated heterocycles. The van der Waals surface area contributed by atoms with Crippen LogP contribution in [-0.4, -0.2) is 32.1 Å². The van der Waals surface area contributed by atoms with Crippen molar-refractivity contribution in [3.8, 4) is 5.75 Å². The van der Waals surface area contributed by atoms with Crippen LogP contribution in [0.4, 0.5) is 5.69 Å². The van der Waals surface area contributed by atoms with Gasteiger partial charge in [0.25, 0.3) is 0 Å². The Morgan fingerprint density at radius 1 is 1.14 bits per heavy atom. The average Bonchev–Trinajstić information content (AvgIpc) is 2.49. The third-order valence-electron chi connectivity index (χ3n) is 3.27. The molecular weight excluding hydrogens is 284 g/mol. The smallest absolute Gasteiger partial charge is 0.119 e. The molecule has 0 aliphatic heterocycles. The lowest BCUT2D eigenvalue weighted by atomic mass is 10.2. The fourth-order valence-electron chi connectivity index (χ4n) is 2.15. The fourth-order valence-corrected chi connectivity index (χ4v) is 2.35. The molecule has 0 bridgehead atoms. The molecule has 2 aromatic carbocycles. The number of nitrogens with one attached hydrogen (secondary N) is 1. The van der Waals surface area contributed by atoms with Crippen LogP contribution in [0.25, 0.3) is 0 Å². The number of hydrogen-bond donors (Lipinski definition) is 1. The minimum atomic E-state index is 0.757. The van der Waals surface area contributed by atoms with Crippen LogP contribution in [0.3, 0.4) is 0 Å². The fraction of sp³-hybridized carbons (Fsp3) is 0.294. The maximum atomic E-state index is 6.11. The Kier molecular flexibility index (Phi) is 5.90. The van der Waals surface area contributed by atoms with Crippen LogP contribution in [0.2, 0.25) is 5.02 Å². The van der Waals surface area contributed by atoms with E-state index >= 15 is 0 Å². The maximum Gasteiger partial charge on any atom is 0.119 e. The molecule has 0 heterocycles. The first-order valence-electron chi connectivity index (χ1n) is 6.99. The van der Waals surface area contributed by atoms with Gasteiger partial charge in [-0.1, -0.05) is 35.9 Å². The molecule has 112 valence electrons. The van der Waals surface area contributed by atoms with Gasteiger partial charge in [0.2, 0.25) is 0 Å². The van der Waals surface area contributed by atoms with E-state index in [9.17, 15) is 0 Å².